The van der Waals surface area contributed by atoms with Gasteiger partial charge in [-0.05, 0) is 24.5 Å². The average molecular weight is 246 g/mol. The lowest BCUT2D eigenvalue weighted by Gasteiger charge is -2.13. The summed E-state index contributed by atoms with van der Waals surface area (Å²) in [4.78, 5) is 10.9. The van der Waals surface area contributed by atoms with Crippen molar-refractivity contribution in [2.75, 3.05) is 6.61 Å². The molecule has 0 aromatic heterocycles. The van der Waals surface area contributed by atoms with Crippen LogP contribution in [0.15, 0.2) is 24.3 Å². The zero-order valence-electron chi connectivity index (χ0n) is 8.80. The average Bonchev–Trinajstić information content (AvgIpc) is 2.25. The minimum absolute atomic E-state index is 0. The van der Waals surface area contributed by atoms with Crippen LogP contribution in [0.5, 0.6) is 0 Å². The van der Waals surface area contributed by atoms with E-state index in [1.165, 1.54) is 6.07 Å². The third kappa shape index (κ3) is 3.81. The van der Waals surface area contributed by atoms with Crippen LogP contribution in [-0.2, 0) is 0 Å². The second kappa shape index (κ2) is 7.22. The highest BCUT2D eigenvalue weighted by atomic mass is 35.5. The highest BCUT2D eigenvalue weighted by molar-refractivity contribution is 5.89. The first-order valence-corrected chi connectivity index (χ1v) is 4.85. The van der Waals surface area contributed by atoms with Crippen LogP contribution in [-0.4, -0.2) is 22.8 Å². The lowest BCUT2D eigenvalue weighted by molar-refractivity contribution is 0.0695. The third-order valence-corrected chi connectivity index (χ3v) is 2.26. The first-order valence-electron chi connectivity index (χ1n) is 4.85. The second-order valence-electron chi connectivity index (χ2n) is 3.36. The van der Waals surface area contributed by atoms with Gasteiger partial charge in [0.25, 0.3) is 0 Å². The molecule has 0 bridgehead atoms. The number of hydrogen-bond donors (Lipinski definition) is 3. The molecule has 0 saturated heterocycles. The molecule has 0 spiro atoms. The molecule has 0 fully saturated rings. The molecule has 4 N–H and O–H groups in total. The van der Waals surface area contributed by atoms with Gasteiger partial charge in [-0.3, -0.25) is 0 Å². The molecule has 5 heteroatoms. The number of aromatic carboxylic acids is 1. The molecule has 90 valence electrons. The first-order chi connectivity index (χ1) is 7.16. The highest BCUT2D eigenvalue weighted by Gasteiger charge is 2.14. The monoisotopic (exact) mass is 245 g/mol. The molecule has 0 amide bonds. The Kier molecular flexibility index (Phi) is 6.72. The van der Waals surface area contributed by atoms with E-state index in [1.54, 1.807) is 18.2 Å². The fourth-order valence-electron chi connectivity index (χ4n) is 1.48. The van der Waals surface area contributed by atoms with Gasteiger partial charge in [0.2, 0.25) is 0 Å². The molecule has 0 aliphatic carbocycles. The van der Waals surface area contributed by atoms with Crippen molar-refractivity contribution in [1.82, 2.24) is 0 Å². The molecule has 16 heavy (non-hydrogen) atoms. The molecule has 0 heterocycles. The standard InChI is InChI=1S/C11H15NO3.ClH/c12-10(6-3-7-13)8-4-1-2-5-9(8)11(14)15;/h1-2,4-5,10,13H,3,6-7,12H2,(H,14,15);1H/t10-;/m0./s1. The molecule has 1 rings (SSSR count). The Morgan fingerprint density at radius 2 is 2.00 bits per heavy atom. The van der Waals surface area contributed by atoms with E-state index in [0.717, 1.165) is 0 Å². The zero-order chi connectivity index (χ0) is 11.3. The van der Waals surface area contributed by atoms with E-state index in [1.807, 2.05) is 0 Å². The van der Waals surface area contributed by atoms with Crippen LogP contribution in [0, 0.1) is 0 Å². The van der Waals surface area contributed by atoms with Gasteiger partial charge in [0.05, 0.1) is 5.56 Å². The summed E-state index contributed by atoms with van der Waals surface area (Å²) >= 11 is 0. The van der Waals surface area contributed by atoms with E-state index in [0.29, 0.717) is 18.4 Å². The first kappa shape index (κ1) is 14.9. The minimum Gasteiger partial charge on any atom is -0.478 e. The Morgan fingerprint density at radius 1 is 1.38 bits per heavy atom. The molecule has 1 atom stereocenters. The van der Waals surface area contributed by atoms with Crippen LogP contribution in [0.2, 0.25) is 0 Å². The van der Waals surface area contributed by atoms with E-state index < -0.39 is 5.97 Å². The van der Waals surface area contributed by atoms with Crippen molar-refractivity contribution in [3.8, 4) is 0 Å². The Bertz CT molecular complexity index is 344. The lowest BCUT2D eigenvalue weighted by Crippen LogP contribution is -2.15. The molecule has 0 saturated carbocycles. The Balaban J connectivity index is 0.00000225. The van der Waals surface area contributed by atoms with Crippen LogP contribution >= 0.6 is 12.4 Å². The number of hydrogen-bond acceptors (Lipinski definition) is 3. The van der Waals surface area contributed by atoms with Gasteiger partial charge in [0.1, 0.15) is 0 Å². The summed E-state index contributed by atoms with van der Waals surface area (Å²) in [5.41, 5.74) is 6.71. The fraction of sp³-hybridized carbons (Fsp3) is 0.364. The SMILES string of the molecule is Cl.N[C@@H](CCCO)c1ccccc1C(=O)O. The predicted molar refractivity (Wildman–Crippen MR) is 63.9 cm³/mol. The lowest BCUT2D eigenvalue weighted by atomic mass is 9.98. The molecule has 0 aliphatic heterocycles. The van der Waals surface area contributed by atoms with Crippen LogP contribution in [0.1, 0.15) is 34.8 Å². The minimum atomic E-state index is -0.968. The molecule has 0 radical (unpaired) electrons. The summed E-state index contributed by atoms with van der Waals surface area (Å²) < 4.78 is 0. The highest BCUT2D eigenvalue weighted by Crippen LogP contribution is 2.19. The number of nitrogens with two attached hydrogens (primary N) is 1. The van der Waals surface area contributed by atoms with Crippen molar-refractivity contribution in [2.45, 2.75) is 18.9 Å². The molecule has 0 unspecified atom stereocenters. The number of aliphatic hydroxyl groups is 1. The topological polar surface area (TPSA) is 83.5 Å². The normalized spacial score (nSPS) is 11.6. The van der Waals surface area contributed by atoms with Crippen LogP contribution in [0.25, 0.3) is 0 Å². The van der Waals surface area contributed by atoms with Crippen LogP contribution in [0.3, 0.4) is 0 Å². The van der Waals surface area contributed by atoms with Crippen molar-refractivity contribution in [1.29, 1.82) is 0 Å². The van der Waals surface area contributed by atoms with Gasteiger partial charge in [-0.15, -0.1) is 12.4 Å². The molecular weight excluding hydrogens is 230 g/mol. The van der Waals surface area contributed by atoms with Gasteiger partial charge >= 0.3 is 5.97 Å². The molecule has 4 nitrogen and oxygen atoms in total. The fourth-order valence-corrected chi connectivity index (χ4v) is 1.48. The van der Waals surface area contributed by atoms with Crippen molar-refractivity contribution < 1.29 is 15.0 Å². The summed E-state index contributed by atoms with van der Waals surface area (Å²) in [7, 11) is 0. The smallest absolute Gasteiger partial charge is 0.336 e. The summed E-state index contributed by atoms with van der Waals surface area (Å²) in [6.07, 6.45) is 1.16. The van der Waals surface area contributed by atoms with Gasteiger partial charge < -0.3 is 15.9 Å². The van der Waals surface area contributed by atoms with Gasteiger partial charge in [-0.1, -0.05) is 18.2 Å². The van der Waals surface area contributed by atoms with Crippen molar-refractivity contribution in [3.63, 3.8) is 0 Å². The van der Waals surface area contributed by atoms with Crippen LogP contribution in [0.4, 0.5) is 0 Å². The quantitative estimate of drug-likeness (QED) is 0.735. The van der Waals surface area contributed by atoms with Gasteiger partial charge in [0.15, 0.2) is 0 Å². The van der Waals surface area contributed by atoms with Gasteiger partial charge in [-0.2, -0.15) is 0 Å². The Hall–Kier alpha value is -1.10. The van der Waals surface area contributed by atoms with E-state index in [4.69, 9.17) is 15.9 Å². The Morgan fingerprint density at radius 3 is 2.56 bits per heavy atom. The number of aliphatic hydroxyl groups excluding tert-OH is 1. The third-order valence-electron chi connectivity index (χ3n) is 2.26. The van der Waals surface area contributed by atoms with Crippen molar-refractivity contribution in [3.05, 3.63) is 35.4 Å². The second-order valence-corrected chi connectivity index (χ2v) is 3.36. The number of halogens is 1. The maximum atomic E-state index is 10.9. The number of carboxylic acid groups (broad SMARTS) is 1. The Labute approximate surface area is 100 Å². The van der Waals surface area contributed by atoms with E-state index >= 15 is 0 Å². The maximum Gasteiger partial charge on any atom is 0.336 e. The van der Waals surface area contributed by atoms with E-state index in [-0.39, 0.29) is 30.6 Å². The van der Waals surface area contributed by atoms with Crippen LogP contribution < -0.4 is 5.73 Å². The number of carbonyl (C=O) groups is 1. The summed E-state index contributed by atoms with van der Waals surface area (Å²) in [6.45, 7) is 0.0724. The van der Waals surface area contributed by atoms with Crippen molar-refractivity contribution >= 4 is 18.4 Å². The van der Waals surface area contributed by atoms with Gasteiger partial charge in [-0.25, -0.2) is 4.79 Å². The number of carboxylic acids is 1. The summed E-state index contributed by atoms with van der Waals surface area (Å²) in [5, 5.41) is 17.6. The van der Waals surface area contributed by atoms with Gasteiger partial charge in [0, 0.05) is 12.6 Å². The molecule has 1 aromatic rings. The summed E-state index contributed by atoms with van der Waals surface area (Å²) in [5.74, 6) is -0.968. The number of rotatable bonds is 5. The zero-order valence-corrected chi connectivity index (χ0v) is 9.61. The predicted octanol–water partition coefficient (Wildman–Crippen LogP) is 1.58. The molecular formula is C11H16ClNO3. The van der Waals surface area contributed by atoms with E-state index in [9.17, 15) is 4.79 Å². The van der Waals surface area contributed by atoms with Crippen molar-refractivity contribution in [2.24, 2.45) is 5.73 Å². The number of benzene rings is 1. The maximum absolute atomic E-state index is 10.9. The van der Waals surface area contributed by atoms with E-state index in [2.05, 4.69) is 0 Å². The summed E-state index contributed by atoms with van der Waals surface area (Å²) in [6, 6.07) is 6.36. The molecule has 0 aliphatic rings. The molecule has 1 aromatic carbocycles. The largest absolute Gasteiger partial charge is 0.478 e.